The summed E-state index contributed by atoms with van der Waals surface area (Å²) < 4.78 is 0. The molecule has 0 spiro atoms. The van der Waals surface area contributed by atoms with Crippen molar-refractivity contribution < 1.29 is 9.59 Å². The van der Waals surface area contributed by atoms with Crippen LogP contribution in [0, 0.1) is 0 Å². The molecule has 0 fully saturated rings. The monoisotopic (exact) mass is 262 g/mol. The first-order chi connectivity index (χ1) is 9.04. The van der Waals surface area contributed by atoms with Crippen LogP contribution in [-0.2, 0) is 4.79 Å². The van der Waals surface area contributed by atoms with Crippen LogP contribution in [0.1, 0.15) is 50.4 Å². The van der Waals surface area contributed by atoms with E-state index in [1.54, 1.807) is 18.2 Å². The highest BCUT2D eigenvalue weighted by Crippen LogP contribution is 2.15. The van der Waals surface area contributed by atoms with Gasteiger partial charge in [-0.3, -0.25) is 9.59 Å². The first kappa shape index (κ1) is 15.2. The Bertz CT molecular complexity index is 442. The van der Waals surface area contributed by atoms with Crippen LogP contribution in [0.5, 0.6) is 0 Å². The summed E-state index contributed by atoms with van der Waals surface area (Å²) in [4.78, 5) is 23.7. The van der Waals surface area contributed by atoms with Crippen molar-refractivity contribution in [2.45, 2.75) is 46.1 Å². The quantitative estimate of drug-likeness (QED) is 0.828. The van der Waals surface area contributed by atoms with E-state index in [0.717, 1.165) is 12.8 Å². The zero-order chi connectivity index (χ0) is 14.3. The molecule has 4 heteroatoms. The Morgan fingerprint density at radius 1 is 1.21 bits per heavy atom. The Hall–Kier alpha value is -1.84. The average Bonchev–Trinajstić information content (AvgIpc) is 2.36. The van der Waals surface area contributed by atoms with Crippen molar-refractivity contribution in [3.63, 3.8) is 0 Å². The van der Waals surface area contributed by atoms with E-state index in [0.29, 0.717) is 17.7 Å². The van der Waals surface area contributed by atoms with E-state index < -0.39 is 0 Å². The van der Waals surface area contributed by atoms with Gasteiger partial charge in [-0.05, 0) is 32.4 Å². The summed E-state index contributed by atoms with van der Waals surface area (Å²) in [6.07, 6.45) is 2.31. The maximum Gasteiger partial charge on any atom is 0.253 e. The van der Waals surface area contributed by atoms with Crippen molar-refractivity contribution in [3.8, 4) is 0 Å². The van der Waals surface area contributed by atoms with Gasteiger partial charge in [0.2, 0.25) is 5.91 Å². The van der Waals surface area contributed by atoms with Gasteiger partial charge in [-0.1, -0.05) is 25.5 Å². The van der Waals surface area contributed by atoms with Crippen molar-refractivity contribution in [1.29, 1.82) is 0 Å². The second-order valence-corrected chi connectivity index (χ2v) is 4.83. The zero-order valence-electron chi connectivity index (χ0n) is 11.8. The van der Waals surface area contributed by atoms with E-state index in [2.05, 4.69) is 10.6 Å². The van der Waals surface area contributed by atoms with Crippen LogP contribution < -0.4 is 10.6 Å². The first-order valence-electron chi connectivity index (χ1n) is 6.74. The van der Waals surface area contributed by atoms with Gasteiger partial charge in [0.15, 0.2) is 0 Å². The molecule has 0 saturated carbocycles. The number of amides is 2. The number of carbonyl (C=O) groups excluding carboxylic acids is 2. The van der Waals surface area contributed by atoms with Crippen molar-refractivity contribution in [2.24, 2.45) is 0 Å². The minimum absolute atomic E-state index is 0.0494. The number of rotatable bonds is 6. The molecule has 0 heterocycles. The SMILES string of the molecule is CCCCC(=O)Nc1ccccc1C(=O)NC(C)C. The molecule has 0 aliphatic carbocycles. The van der Waals surface area contributed by atoms with Gasteiger partial charge < -0.3 is 10.6 Å². The summed E-state index contributed by atoms with van der Waals surface area (Å²) in [5.41, 5.74) is 1.07. The lowest BCUT2D eigenvalue weighted by molar-refractivity contribution is -0.116. The molecule has 0 radical (unpaired) electrons. The lowest BCUT2D eigenvalue weighted by Crippen LogP contribution is -2.31. The number of benzene rings is 1. The third-order valence-electron chi connectivity index (χ3n) is 2.62. The minimum Gasteiger partial charge on any atom is -0.350 e. The summed E-state index contributed by atoms with van der Waals surface area (Å²) in [5, 5.41) is 5.63. The molecule has 2 N–H and O–H groups in total. The van der Waals surface area contributed by atoms with Crippen molar-refractivity contribution in [1.82, 2.24) is 5.32 Å². The van der Waals surface area contributed by atoms with Crippen molar-refractivity contribution in [2.75, 3.05) is 5.32 Å². The van der Waals surface area contributed by atoms with Crippen molar-refractivity contribution in [3.05, 3.63) is 29.8 Å². The van der Waals surface area contributed by atoms with Gasteiger partial charge in [-0.2, -0.15) is 0 Å². The molecule has 1 aromatic carbocycles. The van der Waals surface area contributed by atoms with Gasteiger partial charge in [0.1, 0.15) is 0 Å². The summed E-state index contributed by atoms with van der Waals surface area (Å²) in [6, 6.07) is 7.13. The Labute approximate surface area is 114 Å². The largest absolute Gasteiger partial charge is 0.350 e. The fraction of sp³-hybridized carbons (Fsp3) is 0.467. The van der Waals surface area contributed by atoms with Gasteiger partial charge >= 0.3 is 0 Å². The predicted molar refractivity (Wildman–Crippen MR) is 77.2 cm³/mol. The molecular weight excluding hydrogens is 240 g/mol. The topological polar surface area (TPSA) is 58.2 Å². The number of anilines is 1. The van der Waals surface area contributed by atoms with Crippen LogP contribution in [-0.4, -0.2) is 17.9 Å². The molecule has 19 heavy (non-hydrogen) atoms. The number of carbonyl (C=O) groups is 2. The molecule has 0 aliphatic rings. The Morgan fingerprint density at radius 3 is 2.53 bits per heavy atom. The second kappa shape index (κ2) is 7.56. The molecule has 2 amide bonds. The van der Waals surface area contributed by atoms with Crippen LogP contribution in [0.15, 0.2) is 24.3 Å². The molecule has 1 rings (SSSR count). The third kappa shape index (κ3) is 5.12. The lowest BCUT2D eigenvalue weighted by Gasteiger charge is -2.13. The minimum atomic E-state index is -0.165. The molecule has 4 nitrogen and oxygen atoms in total. The summed E-state index contributed by atoms with van der Waals surface area (Å²) in [5.74, 6) is -0.215. The number of hydrogen-bond donors (Lipinski definition) is 2. The summed E-state index contributed by atoms with van der Waals surface area (Å²) in [7, 11) is 0. The summed E-state index contributed by atoms with van der Waals surface area (Å²) in [6.45, 7) is 5.85. The third-order valence-corrected chi connectivity index (χ3v) is 2.62. The van der Waals surface area contributed by atoms with E-state index in [4.69, 9.17) is 0 Å². The van der Waals surface area contributed by atoms with Gasteiger partial charge in [0.05, 0.1) is 11.3 Å². The van der Waals surface area contributed by atoms with Crippen LogP contribution in [0.25, 0.3) is 0 Å². The highest BCUT2D eigenvalue weighted by molar-refractivity contribution is 6.03. The molecule has 0 unspecified atom stereocenters. The Balaban J connectivity index is 2.78. The Kier molecular flexibility index (Phi) is 6.06. The molecule has 1 aromatic rings. The van der Waals surface area contributed by atoms with E-state index in [1.165, 1.54) is 0 Å². The van der Waals surface area contributed by atoms with Crippen LogP contribution >= 0.6 is 0 Å². The zero-order valence-corrected chi connectivity index (χ0v) is 11.8. The fourth-order valence-electron chi connectivity index (χ4n) is 1.68. The predicted octanol–water partition coefficient (Wildman–Crippen LogP) is 2.95. The van der Waals surface area contributed by atoms with Gasteiger partial charge in [0.25, 0.3) is 5.91 Å². The highest BCUT2D eigenvalue weighted by Gasteiger charge is 2.13. The fourth-order valence-corrected chi connectivity index (χ4v) is 1.68. The van der Waals surface area contributed by atoms with Gasteiger partial charge in [-0.15, -0.1) is 0 Å². The van der Waals surface area contributed by atoms with Crippen molar-refractivity contribution >= 4 is 17.5 Å². The van der Waals surface area contributed by atoms with E-state index in [1.807, 2.05) is 26.8 Å². The van der Waals surface area contributed by atoms with Crippen LogP contribution in [0.3, 0.4) is 0 Å². The van der Waals surface area contributed by atoms with Crippen LogP contribution in [0.2, 0.25) is 0 Å². The Morgan fingerprint density at radius 2 is 1.89 bits per heavy atom. The van der Waals surface area contributed by atoms with E-state index >= 15 is 0 Å². The molecule has 0 aliphatic heterocycles. The molecule has 0 atom stereocenters. The molecular formula is C15H22N2O2. The number of nitrogens with one attached hydrogen (secondary N) is 2. The number of unbranched alkanes of at least 4 members (excludes halogenated alkanes) is 1. The average molecular weight is 262 g/mol. The first-order valence-corrected chi connectivity index (χ1v) is 6.74. The molecule has 0 saturated heterocycles. The standard InChI is InChI=1S/C15H22N2O2/c1-4-5-10-14(18)17-13-9-7-6-8-12(13)15(19)16-11(2)3/h6-9,11H,4-5,10H2,1-3H3,(H,16,19)(H,17,18). The van der Waals surface area contributed by atoms with Crippen LogP contribution in [0.4, 0.5) is 5.69 Å². The smallest absolute Gasteiger partial charge is 0.253 e. The normalized spacial score (nSPS) is 10.3. The maximum atomic E-state index is 12.0. The number of para-hydroxylation sites is 1. The maximum absolute atomic E-state index is 12.0. The highest BCUT2D eigenvalue weighted by atomic mass is 16.2. The second-order valence-electron chi connectivity index (χ2n) is 4.83. The number of hydrogen-bond acceptors (Lipinski definition) is 2. The van der Waals surface area contributed by atoms with Gasteiger partial charge in [0, 0.05) is 12.5 Å². The summed E-state index contributed by atoms with van der Waals surface area (Å²) >= 11 is 0. The van der Waals surface area contributed by atoms with E-state index in [-0.39, 0.29) is 17.9 Å². The lowest BCUT2D eigenvalue weighted by atomic mass is 10.1. The molecule has 0 aromatic heterocycles. The van der Waals surface area contributed by atoms with Gasteiger partial charge in [-0.25, -0.2) is 0 Å². The van der Waals surface area contributed by atoms with E-state index in [9.17, 15) is 9.59 Å². The molecule has 0 bridgehead atoms. The molecule has 104 valence electrons.